The monoisotopic (exact) mass is 660 g/mol. The average Bonchev–Trinajstić information content (AvgIpc) is 3.45. The first-order chi connectivity index (χ1) is 22.1. The van der Waals surface area contributed by atoms with Crippen LogP contribution in [0.15, 0.2) is 77.2 Å². The molecule has 2 aromatic carbocycles. The molecule has 2 aromatic heterocycles. The molecule has 11 nitrogen and oxygen atoms in total. The fraction of sp³-hybridized carbons (Fsp3) is 0.429. The highest BCUT2D eigenvalue weighted by atomic mass is 32.2. The molecule has 0 saturated heterocycles. The average molecular weight is 661 g/mol. The Morgan fingerprint density at radius 1 is 0.979 bits per heavy atom. The third-order valence-corrected chi connectivity index (χ3v) is 9.39. The maximum absolute atomic E-state index is 13.0. The number of aromatic nitrogens is 3. The van der Waals surface area contributed by atoms with Crippen molar-refractivity contribution in [2.45, 2.75) is 65.1 Å². The van der Waals surface area contributed by atoms with E-state index in [0.29, 0.717) is 36.2 Å². The van der Waals surface area contributed by atoms with E-state index in [-0.39, 0.29) is 17.6 Å². The Morgan fingerprint density at radius 2 is 1.57 bits per heavy atom. The fourth-order valence-electron chi connectivity index (χ4n) is 5.37. The zero-order valence-electron chi connectivity index (χ0n) is 28.1. The minimum atomic E-state index is -3.63. The van der Waals surface area contributed by atoms with E-state index in [0.717, 1.165) is 34.7 Å². The Kier molecular flexibility index (Phi) is 9.63. The van der Waals surface area contributed by atoms with Crippen LogP contribution in [0.3, 0.4) is 0 Å². The Balaban J connectivity index is 1.56. The summed E-state index contributed by atoms with van der Waals surface area (Å²) in [5.41, 5.74) is 0.715. The van der Waals surface area contributed by atoms with E-state index in [1.165, 1.54) is 7.05 Å². The first-order valence-electron chi connectivity index (χ1n) is 15.7. The first-order valence-corrected chi connectivity index (χ1v) is 17.6. The predicted octanol–water partition coefficient (Wildman–Crippen LogP) is 6.17. The molecule has 2 heterocycles. The van der Waals surface area contributed by atoms with Crippen molar-refractivity contribution in [3.8, 4) is 11.5 Å². The van der Waals surface area contributed by atoms with Gasteiger partial charge in [0.1, 0.15) is 22.8 Å². The molecule has 3 atom stereocenters. The number of anilines is 2. The van der Waals surface area contributed by atoms with Gasteiger partial charge in [-0.1, -0.05) is 67.6 Å². The number of pyridine rings is 1. The number of sulfonamides is 1. The van der Waals surface area contributed by atoms with Gasteiger partial charge in [-0.15, -0.1) is 10.2 Å². The highest BCUT2D eigenvalue weighted by Crippen LogP contribution is 2.40. The van der Waals surface area contributed by atoms with Gasteiger partial charge in [0.05, 0.1) is 6.26 Å². The Hall–Kier alpha value is -4.45. The molecular weight excluding hydrogens is 616 g/mol. The molecule has 1 aliphatic rings. The highest BCUT2D eigenvalue weighted by molar-refractivity contribution is 7.92. The summed E-state index contributed by atoms with van der Waals surface area (Å²) in [4.78, 5) is 20.0. The molecule has 1 aliphatic carbocycles. The Bertz CT molecular complexity index is 1790. The van der Waals surface area contributed by atoms with Gasteiger partial charge >= 0.3 is 6.09 Å². The minimum Gasteiger partial charge on any atom is -0.444 e. The van der Waals surface area contributed by atoms with Crippen LogP contribution in [0, 0.1) is 11.8 Å². The number of benzene rings is 2. The van der Waals surface area contributed by atoms with Crippen molar-refractivity contribution in [2.75, 3.05) is 29.1 Å². The van der Waals surface area contributed by atoms with Crippen LogP contribution in [0.1, 0.15) is 58.1 Å². The molecule has 1 N–H and O–H groups in total. The standard InChI is InChI=1S/C35H44N6O5S/c1-24-18-28(24)23-41(22-26-16-12-9-13-17-26)30-20-27(19-29(36-30)40(6)47(7,43)44)31-38-39-32(45-31)35(5,21-25-14-10-8-11-15-25)37-33(42)46-34(2,3)4/h8-17,19-20,24,28H,18,21-23H2,1-7H3,(H,37,42)/t24?,28?,35-/m1/s1. The lowest BCUT2D eigenvalue weighted by atomic mass is 9.92. The molecule has 1 saturated carbocycles. The summed E-state index contributed by atoms with van der Waals surface area (Å²) in [5.74, 6) is 2.26. The summed E-state index contributed by atoms with van der Waals surface area (Å²) in [7, 11) is -2.16. The predicted molar refractivity (Wildman–Crippen MR) is 182 cm³/mol. The molecule has 2 unspecified atom stereocenters. The number of rotatable bonds is 12. The van der Waals surface area contributed by atoms with Gasteiger partial charge in [0.15, 0.2) is 0 Å². The number of hydrogen-bond acceptors (Lipinski definition) is 9. The lowest BCUT2D eigenvalue weighted by Crippen LogP contribution is -2.47. The lowest BCUT2D eigenvalue weighted by Gasteiger charge is -2.29. The number of ether oxygens (including phenoxy) is 1. The maximum atomic E-state index is 13.0. The molecule has 1 amide bonds. The number of hydrogen-bond donors (Lipinski definition) is 1. The molecule has 47 heavy (non-hydrogen) atoms. The second-order valence-corrected chi connectivity index (χ2v) is 15.7. The largest absolute Gasteiger partial charge is 0.444 e. The van der Waals surface area contributed by atoms with E-state index in [1.54, 1.807) is 33.8 Å². The van der Waals surface area contributed by atoms with E-state index < -0.39 is 27.3 Å². The summed E-state index contributed by atoms with van der Waals surface area (Å²) in [6, 6.07) is 23.2. The maximum Gasteiger partial charge on any atom is 0.408 e. The van der Waals surface area contributed by atoms with E-state index in [9.17, 15) is 13.2 Å². The van der Waals surface area contributed by atoms with Crippen LogP contribution in [0.25, 0.3) is 11.5 Å². The van der Waals surface area contributed by atoms with Gasteiger partial charge in [-0.05, 0) is 69.2 Å². The summed E-state index contributed by atoms with van der Waals surface area (Å²) >= 11 is 0. The lowest BCUT2D eigenvalue weighted by molar-refractivity contribution is 0.0443. The van der Waals surface area contributed by atoms with Crippen molar-refractivity contribution in [1.82, 2.24) is 20.5 Å². The molecule has 12 heteroatoms. The number of nitrogens with one attached hydrogen (secondary N) is 1. The second-order valence-electron chi connectivity index (χ2n) is 13.7. The Labute approximate surface area is 277 Å². The SMILES string of the molecule is CC1CC1CN(Cc1ccccc1)c1cc(-c2nnc([C@@](C)(Cc3ccccc3)NC(=O)OC(C)(C)C)o2)cc(N(C)S(C)(=O)=O)n1. The van der Waals surface area contributed by atoms with Crippen LogP contribution >= 0.6 is 0 Å². The number of alkyl carbamates (subject to hydrolysis) is 1. The highest BCUT2D eigenvalue weighted by Gasteiger charge is 2.37. The number of amides is 1. The van der Waals surface area contributed by atoms with Gasteiger partial charge in [-0.3, -0.25) is 4.31 Å². The van der Waals surface area contributed by atoms with E-state index >= 15 is 0 Å². The van der Waals surface area contributed by atoms with Gasteiger partial charge in [0.2, 0.25) is 21.8 Å². The topological polar surface area (TPSA) is 131 Å². The summed E-state index contributed by atoms with van der Waals surface area (Å²) in [6.07, 6.45) is 1.99. The third kappa shape index (κ3) is 8.88. The van der Waals surface area contributed by atoms with Crippen molar-refractivity contribution in [2.24, 2.45) is 11.8 Å². The smallest absolute Gasteiger partial charge is 0.408 e. The molecule has 1 fully saturated rings. The van der Waals surface area contributed by atoms with E-state index in [4.69, 9.17) is 14.1 Å². The van der Waals surface area contributed by atoms with Gasteiger partial charge in [-0.2, -0.15) is 0 Å². The van der Waals surface area contributed by atoms with Crippen molar-refractivity contribution in [3.05, 3.63) is 89.8 Å². The summed E-state index contributed by atoms with van der Waals surface area (Å²) < 4.78 is 38.4. The molecular formula is C35H44N6O5S. The minimum absolute atomic E-state index is 0.163. The van der Waals surface area contributed by atoms with Crippen LogP contribution < -0.4 is 14.5 Å². The zero-order valence-corrected chi connectivity index (χ0v) is 28.9. The molecule has 4 aromatic rings. The van der Waals surface area contributed by atoms with Crippen molar-refractivity contribution >= 4 is 27.8 Å². The van der Waals surface area contributed by atoms with Crippen molar-refractivity contribution in [3.63, 3.8) is 0 Å². The second kappa shape index (κ2) is 13.3. The van der Waals surface area contributed by atoms with Crippen molar-refractivity contribution in [1.29, 1.82) is 0 Å². The zero-order chi connectivity index (χ0) is 34.0. The first kappa shape index (κ1) is 33.9. The number of nitrogens with zero attached hydrogens (tertiary/aromatic N) is 5. The molecule has 0 aliphatic heterocycles. The van der Waals surface area contributed by atoms with Crippen LogP contribution in [0.5, 0.6) is 0 Å². The van der Waals surface area contributed by atoms with Gasteiger partial charge in [-0.25, -0.2) is 18.2 Å². The van der Waals surface area contributed by atoms with Gasteiger partial charge in [0.25, 0.3) is 0 Å². The van der Waals surface area contributed by atoms with E-state index in [2.05, 4.69) is 39.5 Å². The Morgan fingerprint density at radius 3 is 2.15 bits per heavy atom. The van der Waals surface area contributed by atoms with Gasteiger partial charge in [0, 0.05) is 32.1 Å². The van der Waals surface area contributed by atoms with Crippen LogP contribution in [0.2, 0.25) is 0 Å². The van der Waals surface area contributed by atoms with Gasteiger partial charge < -0.3 is 19.4 Å². The number of carbonyl (C=O) groups excluding carboxylic acids is 1. The summed E-state index contributed by atoms with van der Waals surface area (Å²) in [5, 5.41) is 11.7. The molecule has 5 rings (SSSR count). The van der Waals surface area contributed by atoms with Crippen LogP contribution in [0.4, 0.5) is 16.4 Å². The molecule has 250 valence electrons. The summed E-state index contributed by atoms with van der Waals surface area (Å²) in [6.45, 7) is 10.8. The molecule has 0 radical (unpaired) electrons. The van der Waals surface area contributed by atoms with Crippen LogP contribution in [-0.2, 0) is 33.3 Å². The molecule has 0 spiro atoms. The van der Waals surface area contributed by atoms with Crippen LogP contribution in [-0.4, -0.2) is 55.1 Å². The number of carbonyl (C=O) groups is 1. The normalized spacial score (nSPS) is 17.4. The van der Waals surface area contributed by atoms with E-state index in [1.807, 2.05) is 54.6 Å². The van der Waals surface area contributed by atoms with Crippen molar-refractivity contribution < 1.29 is 22.4 Å². The quantitative estimate of drug-likeness (QED) is 0.190. The third-order valence-electron chi connectivity index (χ3n) is 8.21. The molecule has 0 bridgehead atoms. The fourth-order valence-corrected chi connectivity index (χ4v) is 5.80.